The highest BCUT2D eigenvalue weighted by molar-refractivity contribution is 6.09. The summed E-state index contributed by atoms with van der Waals surface area (Å²) in [7, 11) is 0. The van der Waals surface area contributed by atoms with Crippen molar-refractivity contribution in [1.29, 1.82) is 0 Å². The summed E-state index contributed by atoms with van der Waals surface area (Å²) in [6, 6.07) is 14.4. The smallest absolute Gasteiger partial charge is 0.253 e. The molecule has 2 aliphatic heterocycles. The van der Waals surface area contributed by atoms with Crippen molar-refractivity contribution in [2.45, 2.75) is 19.4 Å². The van der Waals surface area contributed by atoms with E-state index < -0.39 is 0 Å². The maximum atomic E-state index is 14.4. The van der Waals surface area contributed by atoms with Gasteiger partial charge in [0.1, 0.15) is 5.82 Å². The number of pyridine rings is 1. The van der Waals surface area contributed by atoms with E-state index in [4.69, 9.17) is 9.72 Å². The quantitative estimate of drug-likeness (QED) is 0.580. The third-order valence-electron chi connectivity index (χ3n) is 6.70. The number of benzene rings is 2. The Morgan fingerprint density at radius 2 is 1.76 bits per heavy atom. The summed E-state index contributed by atoms with van der Waals surface area (Å²) in [4.78, 5) is 23.2. The van der Waals surface area contributed by atoms with Gasteiger partial charge in [0.2, 0.25) is 0 Å². The van der Waals surface area contributed by atoms with Gasteiger partial charge < -0.3 is 15.0 Å². The van der Waals surface area contributed by atoms with Crippen LogP contribution in [0.25, 0.3) is 22.0 Å². The molecule has 6 nitrogen and oxygen atoms in total. The van der Waals surface area contributed by atoms with E-state index in [1.54, 1.807) is 6.07 Å². The topological polar surface area (TPSA) is 57.7 Å². The molecule has 0 saturated carbocycles. The number of aromatic nitrogens is 1. The van der Waals surface area contributed by atoms with Gasteiger partial charge in [-0.1, -0.05) is 30.3 Å². The molecule has 2 fully saturated rings. The summed E-state index contributed by atoms with van der Waals surface area (Å²) >= 11 is 0. The second-order valence-corrected chi connectivity index (χ2v) is 9.03. The van der Waals surface area contributed by atoms with Crippen LogP contribution in [0.3, 0.4) is 0 Å². The van der Waals surface area contributed by atoms with Crippen LogP contribution in [0, 0.1) is 5.82 Å². The number of halogens is 1. The summed E-state index contributed by atoms with van der Waals surface area (Å²) in [6.07, 6.45) is 2.44. The van der Waals surface area contributed by atoms with Crippen LogP contribution in [0.2, 0.25) is 0 Å². The predicted molar refractivity (Wildman–Crippen MR) is 131 cm³/mol. The standard InChI is InChI=1S/C27H31FN4O2/c28-21-8-9-23-22(18-21)25(20-6-2-1-3-7-20)26(24(30-23)19-32-14-16-34-17-15-32)27(33)29-10-13-31-11-4-5-12-31/h1-3,6-9,18H,4-5,10-17,19H2,(H,29,33). The zero-order chi connectivity index (χ0) is 23.3. The molecule has 2 saturated heterocycles. The molecule has 0 atom stereocenters. The Balaban J connectivity index is 1.57. The molecule has 1 aromatic heterocycles. The molecule has 0 aliphatic carbocycles. The van der Waals surface area contributed by atoms with Crippen LogP contribution < -0.4 is 5.32 Å². The molecule has 34 heavy (non-hydrogen) atoms. The molecule has 7 heteroatoms. The highest BCUT2D eigenvalue weighted by Crippen LogP contribution is 2.34. The molecule has 0 spiro atoms. The van der Waals surface area contributed by atoms with Gasteiger partial charge in [0.15, 0.2) is 0 Å². The third-order valence-corrected chi connectivity index (χ3v) is 6.70. The Bertz CT molecular complexity index is 1140. The lowest BCUT2D eigenvalue weighted by molar-refractivity contribution is 0.0335. The first-order valence-electron chi connectivity index (χ1n) is 12.2. The predicted octanol–water partition coefficient (Wildman–Crippen LogP) is 3.70. The fraction of sp³-hybridized carbons (Fsp3) is 0.407. The minimum atomic E-state index is -0.340. The molecular weight excluding hydrogens is 431 g/mol. The lowest BCUT2D eigenvalue weighted by Crippen LogP contribution is -2.37. The number of likely N-dealkylation sites (tertiary alicyclic amines) is 1. The van der Waals surface area contributed by atoms with E-state index >= 15 is 0 Å². The highest BCUT2D eigenvalue weighted by atomic mass is 19.1. The van der Waals surface area contributed by atoms with Gasteiger partial charge in [-0.15, -0.1) is 0 Å². The van der Waals surface area contributed by atoms with Crippen molar-refractivity contribution < 1.29 is 13.9 Å². The van der Waals surface area contributed by atoms with Crippen molar-refractivity contribution in [3.63, 3.8) is 0 Å². The fourth-order valence-corrected chi connectivity index (χ4v) is 4.94. The number of fused-ring (bicyclic) bond motifs is 1. The number of morpholine rings is 1. The molecular formula is C27H31FN4O2. The van der Waals surface area contributed by atoms with E-state index in [9.17, 15) is 9.18 Å². The van der Waals surface area contributed by atoms with Crippen molar-refractivity contribution in [3.8, 4) is 11.1 Å². The molecule has 0 radical (unpaired) electrons. The Kier molecular flexibility index (Phi) is 7.13. The monoisotopic (exact) mass is 462 g/mol. The number of ether oxygens (including phenoxy) is 1. The van der Waals surface area contributed by atoms with E-state index in [2.05, 4.69) is 15.1 Å². The number of hydrogen-bond donors (Lipinski definition) is 1. The van der Waals surface area contributed by atoms with Gasteiger partial charge in [-0.25, -0.2) is 4.39 Å². The van der Waals surface area contributed by atoms with Gasteiger partial charge in [-0.3, -0.25) is 14.7 Å². The summed E-state index contributed by atoms with van der Waals surface area (Å²) in [5, 5.41) is 3.79. The van der Waals surface area contributed by atoms with Crippen molar-refractivity contribution in [2.75, 3.05) is 52.5 Å². The van der Waals surface area contributed by atoms with E-state index in [0.717, 1.165) is 49.5 Å². The largest absolute Gasteiger partial charge is 0.379 e. The van der Waals surface area contributed by atoms with Crippen molar-refractivity contribution >= 4 is 16.8 Å². The van der Waals surface area contributed by atoms with Gasteiger partial charge in [-0.05, 0) is 49.7 Å². The zero-order valence-electron chi connectivity index (χ0n) is 19.4. The van der Waals surface area contributed by atoms with Crippen molar-refractivity contribution in [2.24, 2.45) is 0 Å². The van der Waals surface area contributed by atoms with Crippen molar-refractivity contribution in [3.05, 3.63) is 65.6 Å². The Hall–Kier alpha value is -2.87. The maximum Gasteiger partial charge on any atom is 0.253 e. The molecule has 0 unspecified atom stereocenters. The van der Waals surface area contributed by atoms with Gasteiger partial charge in [-0.2, -0.15) is 0 Å². The number of nitrogens with one attached hydrogen (secondary N) is 1. The first-order valence-corrected chi connectivity index (χ1v) is 12.2. The van der Waals surface area contributed by atoms with Crippen LogP contribution >= 0.6 is 0 Å². The number of nitrogens with zero attached hydrogens (tertiary/aromatic N) is 3. The number of rotatable bonds is 7. The summed E-state index contributed by atoms with van der Waals surface area (Å²) in [6.45, 7) is 7.05. The van der Waals surface area contributed by atoms with E-state index in [1.807, 2.05) is 30.3 Å². The Morgan fingerprint density at radius 3 is 2.53 bits per heavy atom. The second-order valence-electron chi connectivity index (χ2n) is 9.03. The molecule has 1 N–H and O–H groups in total. The highest BCUT2D eigenvalue weighted by Gasteiger charge is 2.25. The molecule has 3 heterocycles. The Labute approximate surface area is 199 Å². The van der Waals surface area contributed by atoms with Gasteiger partial charge >= 0.3 is 0 Å². The average molecular weight is 463 g/mol. The van der Waals surface area contributed by atoms with Gasteiger partial charge in [0.05, 0.1) is 30.0 Å². The molecule has 1 amide bonds. The maximum absolute atomic E-state index is 14.4. The molecule has 0 bridgehead atoms. The number of hydrogen-bond acceptors (Lipinski definition) is 5. The SMILES string of the molecule is O=C(NCCN1CCCC1)c1c(CN2CCOCC2)nc2ccc(F)cc2c1-c1ccccc1. The second kappa shape index (κ2) is 10.6. The van der Waals surface area contributed by atoms with Crippen LogP contribution in [0.15, 0.2) is 48.5 Å². The lowest BCUT2D eigenvalue weighted by atomic mass is 9.93. The van der Waals surface area contributed by atoms with Crippen LogP contribution in [0.4, 0.5) is 4.39 Å². The van der Waals surface area contributed by atoms with Gasteiger partial charge in [0.25, 0.3) is 5.91 Å². The first-order chi connectivity index (χ1) is 16.7. The van der Waals surface area contributed by atoms with Crippen LogP contribution in [-0.2, 0) is 11.3 Å². The van der Waals surface area contributed by atoms with Crippen LogP contribution in [-0.4, -0.2) is 73.2 Å². The third kappa shape index (κ3) is 5.12. The van der Waals surface area contributed by atoms with Crippen LogP contribution in [0.5, 0.6) is 0 Å². The lowest BCUT2D eigenvalue weighted by Gasteiger charge is -2.27. The molecule has 5 rings (SSSR count). The summed E-state index contributed by atoms with van der Waals surface area (Å²) in [5.74, 6) is -0.493. The van der Waals surface area contributed by atoms with E-state index in [0.29, 0.717) is 42.8 Å². The normalized spacial score (nSPS) is 17.3. The van der Waals surface area contributed by atoms with E-state index in [-0.39, 0.29) is 11.7 Å². The number of carbonyl (C=O) groups is 1. The summed E-state index contributed by atoms with van der Waals surface area (Å²) < 4.78 is 19.9. The van der Waals surface area contributed by atoms with Crippen molar-refractivity contribution in [1.82, 2.24) is 20.1 Å². The first kappa shape index (κ1) is 22.9. The summed E-state index contributed by atoms with van der Waals surface area (Å²) in [5.41, 5.74) is 3.58. The Morgan fingerprint density at radius 1 is 1.00 bits per heavy atom. The zero-order valence-corrected chi connectivity index (χ0v) is 19.4. The number of carbonyl (C=O) groups excluding carboxylic acids is 1. The molecule has 178 valence electrons. The van der Waals surface area contributed by atoms with E-state index in [1.165, 1.54) is 25.0 Å². The molecule has 2 aromatic carbocycles. The minimum Gasteiger partial charge on any atom is -0.379 e. The molecule has 2 aliphatic rings. The van der Waals surface area contributed by atoms with Gasteiger partial charge in [0, 0.05) is 43.7 Å². The fourth-order valence-electron chi connectivity index (χ4n) is 4.94. The van der Waals surface area contributed by atoms with Crippen LogP contribution in [0.1, 0.15) is 28.9 Å². The average Bonchev–Trinajstić information content (AvgIpc) is 3.38. The minimum absolute atomic E-state index is 0.153. The number of amides is 1. The molecule has 3 aromatic rings.